The van der Waals surface area contributed by atoms with Crippen molar-refractivity contribution in [2.45, 2.75) is 379 Å². The van der Waals surface area contributed by atoms with Gasteiger partial charge in [-0.15, -0.1) is 0 Å². The summed E-state index contributed by atoms with van der Waals surface area (Å²) in [6.07, 6.45) is 5.15. The predicted molar refractivity (Wildman–Crippen MR) is 503 cm³/mol. The SMILES string of the molecule is C[C@@H]1[C@H](O)[C@@H](C)C=CC=CC=CC=CC=CC=CC=C[C@H](O[C@@H]2O[C@H](C)[C@@H](O)[C@H](N)[C@@H]2O)C[C@@H]2O[C@](O)(C[C@@H](O)C[C@@H](O)[C@H](O)CC[C@@H](O)C[C@@H](O)CC(=O)O[C@H]1C)C[C@H](O)[C@H]2C(=O)NCCCCCCNC(=O)[C@H]1[C@@H]2C[C@@H](O[C@@H]3O[C@H](C)[C@@H](O)[C@H](N)[C@@H]3O)C=CC=CC=CC=CC=CC=CC=C[C@H](C)[C@@H](O)[C@@H](C)[C@H](C)OC(=O)C[C@H](O)C[C@H](O)CC[C@@H](O)[C@H](O)C[C@H](O)C[C@](O)(C[C@@H]1O)O2. The number of cyclic esters (lactones) is 2. The molecule has 0 aliphatic carbocycles. The maximum Gasteiger partial charge on any atom is 0.308 e. The number of fused-ring (bicyclic) bond motifs is 4. The van der Waals surface area contributed by atoms with Gasteiger partial charge >= 0.3 is 11.9 Å². The predicted octanol–water partition coefficient (Wildman–Crippen LogP) is 2.06. The van der Waals surface area contributed by atoms with Crippen molar-refractivity contribution in [1.29, 1.82) is 0 Å². The molecule has 36 nitrogen and oxygen atoms in total. The van der Waals surface area contributed by atoms with E-state index in [0.29, 0.717) is 25.7 Å². The van der Waals surface area contributed by atoms with Crippen LogP contribution in [0.1, 0.15) is 184 Å². The number of carbonyl (C=O) groups excluding carboxylic acids is 4. The van der Waals surface area contributed by atoms with E-state index < -0.39 is 294 Å². The summed E-state index contributed by atoms with van der Waals surface area (Å²) < 4.78 is 48.4. The van der Waals surface area contributed by atoms with Crippen molar-refractivity contribution in [3.05, 3.63) is 170 Å². The van der Waals surface area contributed by atoms with E-state index >= 15 is 0 Å². The quantitative estimate of drug-likeness (QED) is 0.0927. The van der Waals surface area contributed by atoms with Gasteiger partial charge in [-0.1, -0.05) is 211 Å². The van der Waals surface area contributed by atoms with Crippen LogP contribution in [0.5, 0.6) is 0 Å². The second-order valence-electron chi connectivity index (χ2n) is 37.5. The average molecular weight is 1930 g/mol. The maximum atomic E-state index is 14.7. The Kier molecular flexibility index (Phi) is 52.3. The van der Waals surface area contributed by atoms with Crippen LogP contribution in [0.2, 0.25) is 0 Å². The smallest absolute Gasteiger partial charge is 0.308 e. The van der Waals surface area contributed by atoms with Crippen molar-refractivity contribution in [2.75, 3.05) is 13.1 Å². The van der Waals surface area contributed by atoms with Crippen LogP contribution in [-0.2, 0) is 57.1 Å². The summed E-state index contributed by atoms with van der Waals surface area (Å²) in [5.74, 6) is -12.5. The molecular formula is C100H158N4O32. The molecule has 0 aromatic carbocycles. The van der Waals surface area contributed by atoms with Gasteiger partial charge in [0.25, 0.3) is 0 Å². The lowest BCUT2D eigenvalue weighted by atomic mass is 9.82. The summed E-state index contributed by atoms with van der Waals surface area (Å²) in [4.78, 5) is 55.2. The van der Waals surface area contributed by atoms with E-state index in [9.17, 15) is 121 Å². The molecule has 2 amide bonds. The highest BCUT2D eigenvalue weighted by atomic mass is 16.7. The van der Waals surface area contributed by atoms with Crippen LogP contribution < -0.4 is 22.1 Å². The zero-order valence-electron chi connectivity index (χ0n) is 79.5. The van der Waals surface area contributed by atoms with Gasteiger partial charge in [-0.05, 0) is 79.1 Å². The molecule has 6 aliphatic heterocycles. The molecule has 0 aromatic heterocycles. The number of rotatable bonds is 13. The number of hydrogen-bond acceptors (Lipinski definition) is 34. The van der Waals surface area contributed by atoms with Crippen LogP contribution in [-0.4, -0.2) is 334 Å². The lowest BCUT2D eigenvalue weighted by molar-refractivity contribution is -0.308. The third-order valence-electron chi connectivity index (χ3n) is 25.8. The van der Waals surface area contributed by atoms with E-state index in [1.54, 1.807) is 186 Å². The number of esters is 2. The van der Waals surface area contributed by atoms with Crippen molar-refractivity contribution >= 4 is 23.8 Å². The number of amides is 2. The summed E-state index contributed by atoms with van der Waals surface area (Å²) in [7, 11) is 0. The number of allylic oxidation sites excluding steroid dienone is 24. The van der Waals surface area contributed by atoms with Gasteiger partial charge in [-0.25, -0.2) is 0 Å². The first-order chi connectivity index (χ1) is 64.4. The Balaban J connectivity index is 1.20. The van der Waals surface area contributed by atoms with E-state index in [-0.39, 0.29) is 76.3 Å². The Bertz CT molecular complexity index is 3720. The molecule has 0 unspecified atom stereocenters. The summed E-state index contributed by atoms with van der Waals surface area (Å²) >= 11 is 0. The second-order valence-corrected chi connectivity index (χ2v) is 37.5. The van der Waals surface area contributed by atoms with Crippen molar-refractivity contribution in [1.82, 2.24) is 10.6 Å². The second kappa shape index (κ2) is 60.4. The molecule has 6 rings (SSSR count). The minimum absolute atomic E-state index is 0.0133. The number of ether oxygens (including phenoxy) is 8. The zero-order valence-corrected chi connectivity index (χ0v) is 79.5. The van der Waals surface area contributed by atoms with Gasteiger partial charge in [0, 0.05) is 88.1 Å². The summed E-state index contributed by atoms with van der Waals surface area (Å²) in [5.41, 5.74) is 12.5. The van der Waals surface area contributed by atoms with Gasteiger partial charge in [0.15, 0.2) is 24.2 Å². The van der Waals surface area contributed by atoms with Crippen LogP contribution in [0, 0.1) is 35.5 Å². The Hall–Kier alpha value is -6.88. The van der Waals surface area contributed by atoms with Crippen LogP contribution in [0.4, 0.5) is 0 Å². The molecule has 36 heteroatoms. The number of nitrogens with two attached hydrogens (primary N) is 2. The van der Waals surface area contributed by atoms with Crippen LogP contribution in [0.3, 0.4) is 0 Å². The highest BCUT2D eigenvalue weighted by Crippen LogP contribution is 2.41. The van der Waals surface area contributed by atoms with Crippen molar-refractivity contribution in [2.24, 2.45) is 47.0 Å². The average Bonchev–Trinajstić information content (AvgIpc) is 0.779. The number of carbonyl (C=O) groups is 4. The lowest BCUT2D eigenvalue weighted by Crippen LogP contribution is -2.62. The number of aliphatic hydroxyl groups excluding tert-OH is 18. The van der Waals surface area contributed by atoms with Gasteiger partial charge in [-0.3, -0.25) is 19.2 Å². The van der Waals surface area contributed by atoms with E-state index in [1.165, 1.54) is 26.0 Å². The Labute approximate surface area is 798 Å². The molecular weight excluding hydrogens is 1770 g/mol. The van der Waals surface area contributed by atoms with Crippen molar-refractivity contribution in [3.8, 4) is 0 Å². The zero-order chi connectivity index (χ0) is 101. The minimum atomic E-state index is -2.44. The van der Waals surface area contributed by atoms with Gasteiger partial charge in [0.1, 0.15) is 24.4 Å². The molecule has 136 heavy (non-hydrogen) atoms. The summed E-state index contributed by atoms with van der Waals surface area (Å²) in [6.45, 7) is 13.4. The molecule has 0 spiro atoms. The largest absolute Gasteiger partial charge is 0.462 e. The third-order valence-corrected chi connectivity index (χ3v) is 25.8. The molecule has 4 bridgehead atoms. The van der Waals surface area contributed by atoms with Gasteiger partial charge < -0.3 is 162 Å². The van der Waals surface area contributed by atoms with Crippen molar-refractivity contribution in [3.63, 3.8) is 0 Å². The molecule has 6 heterocycles. The molecule has 4 saturated heterocycles. The standard InChI is InChI=1S/C100H158N4O32/c1-59-37-31-25-21-17-13-9-11-15-19-23-27-33-39-73(133-97-93(123)87(101)91(121)65(7)131-97)53-81-85(79(115)57-99(127,135-81)55-71(109)49-77(113)75(111)43-41-67(105)47-69(107)51-83(117)129-63(5)61(3)89(59)119)95(125)103-45-35-29-30-36-46-104-96(126)86-80(116)58-100(128)56-72(110)50-78(114)76(112)44-42-68(106)48-70(108)52-84(118)130-64(6)62(4)90(120)60(2)38-32-26-22-18-14-10-12-16-20-24-28-34-40-74(54-82(86)136-100)134-98-94(124)88(102)92(122)66(8)132-98/h9-28,31-34,37-40,59-82,85-94,97-98,105-116,119-124,127-128H,29-30,35-36,41-58,101-102H2,1-8H3,(H,103,125)(H,104,126)/t59-,60-,61-,62-,63-,64-,65+,66+,67+,68+,69+,70+,71-,72-,73-,74-,75+,76+,77+,78+,79-,80-,81-,82-,85+,86+,87-,88-,89+,90+,91+,92+,93-,94-,97-,98-,99+,100+/m0/s1. The van der Waals surface area contributed by atoms with Gasteiger partial charge in [-0.2, -0.15) is 0 Å². The molecule has 38 atom stereocenters. The first-order valence-corrected chi connectivity index (χ1v) is 47.9. The fourth-order valence-corrected chi connectivity index (χ4v) is 17.2. The highest BCUT2D eigenvalue weighted by Gasteiger charge is 2.54. The lowest BCUT2D eigenvalue weighted by Gasteiger charge is -2.46. The molecule has 0 radical (unpaired) electrons. The fourth-order valence-electron chi connectivity index (χ4n) is 17.2. The number of aliphatic hydroxyl groups is 20. The normalized spacial score (nSPS) is 40.8. The number of hydrogen-bond donors (Lipinski definition) is 24. The first-order valence-electron chi connectivity index (χ1n) is 47.9. The first kappa shape index (κ1) is 118. The van der Waals surface area contributed by atoms with Gasteiger partial charge in [0.2, 0.25) is 11.8 Å². The van der Waals surface area contributed by atoms with E-state index in [2.05, 4.69) is 10.6 Å². The minimum Gasteiger partial charge on any atom is -0.462 e. The van der Waals surface area contributed by atoms with Gasteiger partial charge in [0.05, 0.1) is 171 Å². The monoisotopic (exact) mass is 1930 g/mol. The van der Waals surface area contributed by atoms with E-state index in [0.717, 1.165) is 0 Å². The molecule has 26 N–H and O–H groups in total. The van der Waals surface area contributed by atoms with Crippen LogP contribution >= 0.6 is 0 Å². The maximum absolute atomic E-state index is 14.7. The highest BCUT2D eigenvalue weighted by molar-refractivity contribution is 5.80. The van der Waals surface area contributed by atoms with E-state index in [4.69, 9.17) is 49.4 Å². The topological polar surface area (TPSA) is 623 Å². The summed E-state index contributed by atoms with van der Waals surface area (Å²) in [5, 5.41) is 232. The number of nitrogens with one attached hydrogen (secondary N) is 2. The molecule has 0 aromatic rings. The number of unbranched alkanes of at least 4 members (excludes halogenated alkanes) is 3. The Morgan fingerprint density at radius 3 is 0.963 bits per heavy atom. The Morgan fingerprint density at radius 2 is 0.647 bits per heavy atom. The van der Waals surface area contributed by atoms with Crippen LogP contribution in [0.25, 0.3) is 0 Å². The molecule has 0 saturated carbocycles. The molecule has 6 aliphatic rings. The van der Waals surface area contributed by atoms with E-state index in [1.807, 2.05) is 13.8 Å². The van der Waals surface area contributed by atoms with Crippen molar-refractivity contribution < 1.29 is 159 Å². The summed E-state index contributed by atoms with van der Waals surface area (Å²) in [6, 6.07) is -2.48. The molecule has 4 fully saturated rings. The van der Waals surface area contributed by atoms with Crippen LogP contribution in [0.15, 0.2) is 170 Å². The fraction of sp³-hybridized carbons (Fsp3) is 0.680. The molecule has 770 valence electrons. The Morgan fingerprint density at radius 1 is 0.346 bits per heavy atom. The third kappa shape index (κ3) is 41.0.